The minimum Gasteiger partial charge on any atom is -0.441 e. The van der Waals surface area contributed by atoms with Crippen LogP contribution in [0.4, 0.5) is 32.0 Å². The molecule has 0 aliphatic carbocycles. The third kappa shape index (κ3) is 4.85. The summed E-state index contributed by atoms with van der Waals surface area (Å²) >= 11 is 12.1. The fourth-order valence-corrected chi connectivity index (χ4v) is 3.83. The molecule has 4 nitrogen and oxygen atoms in total. The van der Waals surface area contributed by atoms with Crippen molar-refractivity contribution in [2.75, 3.05) is 11.4 Å². The van der Waals surface area contributed by atoms with E-state index in [1.54, 1.807) is 43.0 Å². The molecule has 1 aromatic heterocycles. The number of nitrogens with zero attached hydrogens (tertiary/aromatic N) is 2. The maximum atomic E-state index is 13.2. The summed E-state index contributed by atoms with van der Waals surface area (Å²) in [7, 11) is 0. The van der Waals surface area contributed by atoms with Crippen LogP contribution in [0.2, 0.25) is 10.0 Å². The van der Waals surface area contributed by atoms with E-state index in [1.807, 2.05) is 0 Å². The molecular formula is C22H18Cl2F6N2O2. The third-order valence-corrected chi connectivity index (χ3v) is 5.75. The monoisotopic (exact) mass is 526 g/mol. The highest BCUT2D eigenvalue weighted by Gasteiger charge is 2.71. The lowest BCUT2D eigenvalue weighted by Gasteiger charge is -2.33. The van der Waals surface area contributed by atoms with Crippen molar-refractivity contribution in [3.63, 3.8) is 0 Å². The van der Waals surface area contributed by atoms with Gasteiger partial charge in [0.15, 0.2) is 0 Å². The average molecular weight is 527 g/mol. The van der Waals surface area contributed by atoms with E-state index in [0.717, 1.165) is 6.07 Å². The van der Waals surface area contributed by atoms with Crippen LogP contribution in [-0.2, 0) is 12.1 Å². The summed E-state index contributed by atoms with van der Waals surface area (Å²) in [4.78, 5) is 6.03. The summed E-state index contributed by atoms with van der Waals surface area (Å²) in [5, 5.41) is 9.70. The summed E-state index contributed by atoms with van der Waals surface area (Å²) in [6.45, 7) is 3.79. The Labute approximate surface area is 200 Å². The van der Waals surface area contributed by atoms with Crippen molar-refractivity contribution < 1.29 is 35.9 Å². The van der Waals surface area contributed by atoms with E-state index < -0.39 is 28.5 Å². The van der Waals surface area contributed by atoms with Gasteiger partial charge < -0.3 is 14.4 Å². The van der Waals surface area contributed by atoms with Crippen molar-refractivity contribution >= 4 is 28.9 Å². The van der Waals surface area contributed by atoms with E-state index in [4.69, 9.17) is 27.6 Å². The molecule has 1 N–H and O–H groups in total. The van der Waals surface area contributed by atoms with E-state index >= 15 is 0 Å². The van der Waals surface area contributed by atoms with E-state index in [2.05, 4.69) is 4.98 Å². The first-order valence-electron chi connectivity index (χ1n) is 9.82. The fourth-order valence-electron chi connectivity index (χ4n) is 3.34. The molecule has 0 bridgehead atoms. The zero-order valence-corrected chi connectivity index (χ0v) is 19.2. The predicted molar refractivity (Wildman–Crippen MR) is 116 cm³/mol. The molecule has 0 aliphatic heterocycles. The van der Waals surface area contributed by atoms with Gasteiger partial charge in [-0.15, -0.1) is 0 Å². The van der Waals surface area contributed by atoms with Gasteiger partial charge in [0, 0.05) is 22.7 Å². The number of hydrogen-bond donors (Lipinski definition) is 1. The van der Waals surface area contributed by atoms with Crippen LogP contribution in [-0.4, -0.2) is 29.0 Å². The average Bonchev–Trinajstić information content (AvgIpc) is 3.10. The SMILES string of the molecule is CCN(Cc1nc(-c2cccc(Cl)c2)oc1C)c1ccc(C(O)(C(F)(F)F)C(F)(F)F)cc1Cl. The molecular weight excluding hydrogens is 509 g/mol. The zero-order valence-electron chi connectivity index (χ0n) is 17.7. The van der Waals surface area contributed by atoms with Crippen molar-refractivity contribution in [1.29, 1.82) is 0 Å². The Bertz CT molecular complexity index is 1160. The summed E-state index contributed by atoms with van der Waals surface area (Å²) < 4.78 is 84.8. The smallest absolute Gasteiger partial charge is 0.430 e. The van der Waals surface area contributed by atoms with Crippen molar-refractivity contribution in [2.45, 2.75) is 38.3 Å². The Balaban J connectivity index is 1.94. The highest BCUT2D eigenvalue weighted by Crippen LogP contribution is 2.51. The van der Waals surface area contributed by atoms with Crippen LogP contribution >= 0.6 is 23.2 Å². The van der Waals surface area contributed by atoms with Gasteiger partial charge in [0.25, 0.3) is 5.60 Å². The molecule has 0 amide bonds. The topological polar surface area (TPSA) is 49.5 Å². The van der Waals surface area contributed by atoms with Gasteiger partial charge >= 0.3 is 12.4 Å². The number of aryl methyl sites for hydroxylation is 1. The summed E-state index contributed by atoms with van der Waals surface area (Å²) in [5.41, 5.74) is -5.22. The molecule has 0 radical (unpaired) electrons. The molecule has 0 atom stereocenters. The Morgan fingerprint density at radius 1 is 1.00 bits per heavy atom. The molecule has 184 valence electrons. The van der Waals surface area contributed by atoms with Gasteiger partial charge in [-0.3, -0.25) is 0 Å². The van der Waals surface area contributed by atoms with Gasteiger partial charge in [0.1, 0.15) is 11.5 Å². The molecule has 0 fully saturated rings. The second-order valence-electron chi connectivity index (χ2n) is 7.42. The normalized spacial score (nSPS) is 12.8. The lowest BCUT2D eigenvalue weighted by atomic mass is 9.92. The van der Waals surface area contributed by atoms with E-state index in [-0.39, 0.29) is 12.2 Å². The number of benzene rings is 2. The van der Waals surface area contributed by atoms with E-state index in [1.165, 1.54) is 0 Å². The minimum absolute atomic E-state index is 0.105. The second kappa shape index (κ2) is 9.31. The van der Waals surface area contributed by atoms with Crippen LogP contribution in [0.3, 0.4) is 0 Å². The number of halogens is 8. The van der Waals surface area contributed by atoms with Gasteiger partial charge in [0.05, 0.1) is 17.3 Å². The molecule has 12 heteroatoms. The van der Waals surface area contributed by atoms with Gasteiger partial charge in [-0.25, -0.2) is 4.98 Å². The molecule has 34 heavy (non-hydrogen) atoms. The maximum absolute atomic E-state index is 13.2. The molecule has 0 unspecified atom stereocenters. The van der Waals surface area contributed by atoms with Crippen molar-refractivity contribution in [1.82, 2.24) is 4.98 Å². The molecule has 3 rings (SSSR count). The van der Waals surface area contributed by atoms with Gasteiger partial charge in [-0.1, -0.05) is 35.3 Å². The van der Waals surface area contributed by atoms with Crippen LogP contribution in [0, 0.1) is 6.92 Å². The van der Waals surface area contributed by atoms with Crippen molar-refractivity contribution in [2.24, 2.45) is 0 Å². The summed E-state index contributed by atoms with van der Waals surface area (Å²) in [5.74, 6) is 0.762. The Hall–Kier alpha value is -2.43. The first-order valence-corrected chi connectivity index (χ1v) is 10.6. The summed E-state index contributed by atoms with van der Waals surface area (Å²) in [6, 6.07) is 8.83. The number of hydrogen-bond acceptors (Lipinski definition) is 4. The first kappa shape index (κ1) is 26.2. The Morgan fingerprint density at radius 3 is 2.18 bits per heavy atom. The highest BCUT2D eigenvalue weighted by atomic mass is 35.5. The largest absolute Gasteiger partial charge is 0.441 e. The lowest BCUT2D eigenvalue weighted by Crippen LogP contribution is -2.53. The molecule has 0 saturated carbocycles. The maximum Gasteiger partial charge on any atom is 0.430 e. The van der Waals surface area contributed by atoms with Crippen LogP contribution in [0.5, 0.6) is 0 Å². The third-order valence-electron chi connectivity index (χ3n) is 5.21. The zero-order chi connectivity index (χ0) is 25.5. The minimum atomic E-state index is -6.00. The number of aliphatic hydroxyl groups is 1. The predicted octanol–water partition coefficient (Wildman–Crippen LogP) is 7.30. The Morgan fingerprint density at radius 2 is 1.65 bits per heavy atom. The molecule has 3 aromatic rings. The van der Waals surface area contributed by atoms with Crippen LogP contribution in [0.1, 0.15) is 23.9 Å². The molecule has 0 saturated heterocycles. The van der Waals surface area contributed by atoms with Gasteiger partial charge in [-0.05, 0) is 44.2 Å². The Kier molecular flexibility index (Phi) is 7.17. The molecule has 2 aromatic carbocycles. The van der Waals surface area contributed by atoms with Crippen molar-refractivity contribution in [3.8, 4) is 11.5 Å². The fraction of sp³-hybridized carbons (Fsp3) is 0.318. The number of alkyl halides is 6. The van der Waals surface area contributed by atoms with Crippen LogP contribution in [0.25, 0.3) is 11.5 Å². The van der Waals surface area contributed by atoms with Crippen LogP contribution in [0.15, 0.2) is 46.9 Å². The standard InChI is InChI=1S/C22H18Cl2F6N2O2/c1-3-32(11-17-12(2)34-19(31-17)13-5-4-6-15(23)9-13)18-8-7-14(10-16(18)24)20(33,21(25,26)27)22(28,29)30/h4-10,33H,3,11H2,1-2H3. The van der Waals surface area contributed by atoms with Gasteiger partial charge in [0.2, 0.25) is 5.89 Å². The van der Waals surface area contributed by atoms with E-state index in [9.17, 15) is 31.4 Å². The second-order valence-corrected chi connectivity index (χ2v) is 8.26. The first-order chi connectivity index (χ1) is 15.7. The number of oxazole rings is 1. The highest BCUT2D eigenvalue weighted by molar-refractivity contribution is 6.33. The number of aromatic nitrogens is 1. The molecule has 1 heterocycles. The van der Waals surface area contributed by atoms with Crippen molar-refractivity contribution in [3.05, 3.63) is 69.5 Å². The molecule has 0 aliphatic rings. The van der Waals surface area contributed by atoms with Gasteiger partial charge in [-0.2, -0.15) is 26.3 Å². The van der Waals surface area contributed by atoms with E-state index in [0.29, 0.717) is 46.6 Å². The number of anilines is 1. The molecule has 0 spiro atoms. The van der Waals surface area contributed by atoms with Crippen LogP contribution < -0.4 is 4.90 Å². The lowest BCUT2D eigenvalue weighted by molar-refractivity contribution is -0.376. The number of rotatable bonds is 6. The summed E-state index contributed by atoms with van der Waals surface area (Å²) in [6.07, 6.45) is -12.0. The quantitative estimate of drug-likeness (QED) is 0.342.